The number of phenols is 1. The molecule has 5 nitrogen and oxygen atoms in total. The molecule has 2 rings (SSSR count). The van der Waals surface area contributed by atoms with Crippen LogP contribution in [0.2, 0.25) is 0 Å². The number of piperidine rings is 1. The van der Waals surface area contributed by atoms with Gasteiger partial charge in [0.05, 0.1) is 12.7 Å². The molecule has 20 heavy (non-hydrogen) atoms. The molecule has 1 aliphatic heterocycles. The first-order valence-corrected chi connectivity index (χ1v) is 6.94. The molecule has 2 N–H and O–H groups in total. The van der Waals surface area contributed by atoms with Gasteiger partial charge >= 0.3 is 0 Å². The summed E-state index contributed by atoms with van der Waals surface area (Å²) in [5.74, 6) is 0.482. The standard InChI is InChI=1S/C15H22N2O3/c1-17-8-6-11(7-9-17)10-16-15(19)12-4-3-5-13(20-2)14(12)18/h3-5,11,18H,6-10H2,1-2H3,(H,16,19). The van der Waals surface area contributed by atoms with Crippen LogP contribution in [0.3, 0.4) is 0 Å². The van der Waals surface area contributed by atoms with Crippen LogP contribution in [-0.4, -0.2) is 49.7 Å². The van der Waals surface area contributed by atoms with E-state index in [1.54, 1.807) is 18.2 Å². The number of nitrogens with zero attached hydrogens (tertiary/aromatic N) is 1. The third-order valence-corrected chi connectivity index (χ3v) is 3.85. The molecule has 0 unspecified atom stereocenters. The molecule has 0 aromatic heterocycles. The first-order valence-electron chi connectivity index (χ1n) is 6.94. The molecule has 5 heteroatoms. The fraction of sp³-hybridized carbons (Fsp3) is 0.533. The minimum atomic E-state index is -0.250. The maximum Gasteiger partial charge on any atom is 0.255 e. The third kappa shape index (κ3) is 3.42. The molecule has 1 amide bonds. The Morgan fingerprint density at radius 2 is 2.15 bits per heavy atom. The first kappa shape index (κ1) is 14.7. The smallest absolute Gasteiger partial charge is 0.255 e. The number of ether oxygens (including phenoxy) is 1. The van der Waals surface area contributed by atoms with Crippen LogP contribution in [-0.2, 0) is 0 Å². The number of carbonyl (C=O) groups excluding carboxylic acids is 1. The molecule has 1 aromatic rings. The van der Waals surface area contributed by atoms with Crippen molar-refractivity contribution in [1.29, 1.82) is 0 Å². The minimum Gasteiger partial charge on any atom is -0.504 e. The van der Waals surface area contributed by atoms with Crippen molar-refractivity contribution in [2.75, 3.05) is 33.8 Å². The molecule has 0 spiro atoms. The van der Waals surface area contributed by atoms with E-state index in [0.29, 0.717) is 18.2 Å². The van der Waals surface area contributed by atoms with Crippen molar-refractivity contribution in [3.05, 3.63) is 23.8 Å². The Labute approximate surface area is 119 Å². The maximum atomic E-state index is 12.1. The predicted molar refractivity (Wildman–Crippen MR) is 77.2 cm³/mol. The van der Waals surface area contributed by atoms with Gasteiger partial charge in [-0.15, -0.1) is 0 Å². The van der Waals surface area contributed by atoms with Crippen LogP contribution in [0.25, 0.3) is 0 Å². The zero-order valence-electron chi connectivity index (χ0n) is 12.1. The Balaban J connectivity index is 1.92. The Morgan fingerprint density at radius 3 is 2.80 bits per heavy atom. The normalized spacial score (nSPS) is 16.9. The molecule has 110 valence electrons. The van der Waals surface area contributed by atoms with E-state index in [2.05, 4.69) is 17.3 Å². The van der Waals surface area contributed by atoms with E-state index in [9.17, 15) is 9.90 Å². The van der Waals surface area contributed by atoms with E-state index in [1.165, 1.54) is 7.11 Å². The van der Waals surface area contributed by atoms with Crippen molar-refractivity contribution in [1.82, 2.24) is 10.2 Å². The highest BCUT2D eigenvalue weighted by Crippen LogP contribution is 2.29. The van der Waals surface area contributed by atoms with E-state index in [4.69, 9.17) is 4.74 Å². The number of rotatable bonds is 4. The Kier molecular flexibility index (Phi) is 4.84. The van der Waals surface area contributed by atoms with Gasteiger partial charge in [0.25, 0.3) is 5.91 Å². The second-order valence-corrected chi connectivity index (χ2v) is 5.31. The molecule has 1 aromatic carbocycles. The van der Waals surface area contributed by atoms with Crippen molar-refractivity contribution in [2.45, 2.75) is 12.8 Å². The maximum absolute atomic E-state index is 12.1. The van der Waals surface area contributed by atoms with Gasteiger partial charge in [-0.2, -0.15) is 0 Å². The number of methoxy groups -OCH3 is 1. The highest BCUT2D eigenvalue weighted by atomic mass is 16.5. The highest BCUT2D eigenvalue weighted by Gasteiger charge is 2.19. The summed E-state index contributed by atoms with van der Waals surface area (Å²) in [4.78, 5) is 14.4. The fourth-order valence-corrected chi connectivity index (χ4v) is 2.47. The average Bonchev–Trinajstić information content (AvgIpc) is 2.46. The average molecular weight is 278 g/mol. The monoisotopic (exact) mass is 278 g/mol. The Hall–Kier alpha value is -1.75. The number of hydrogen-bond donors (Lipinski definition) is 2. The quantitative estimate of drug-likeness (QED) is 0.875. The van der Waals surface area contributed by atoms with Crippen molar-refractivity contribution < 1.29 is 14.6 Å². The summed E-state index contributed by atoms with van der Waals surface area (Å²) in [7, 11) is 3.58. The molecule has 0 saturated carbocycles. The second-order valence-electron chi connectivity index (χ2n) is 5.31. The summed E-state index contributed by atoms with van der Waals surface area (Å²) in [5, 5.41) is 12.8. The van der Waals surface area contributed by atoms with Crippen molar-refractivity contribution >= 4 is 5.91 Å². The van der Waals surface area contributed by atoms with Gasteiger partial charge in [0.1, 0.15) is 0 Å². The zero-order valence-corrected chi connectivity index (χ0v) is 12.1. The number of nitrogens with one attached hydrogen (secondary N) is 1. The number of hydrogen-bond acceptors (Lipinski definition) is 4. The summed E-state index contributed by atoms with van der Waals surface area (Å²) < 4.78 is 5.01. The van der Waals surface area contributed by atoms with Gasteiger partial charge in [0.2, 0.25) is 0 Å². The zero-order chi connectivity index (χ0) is 14.5. The van der Waals surface area contributed by atoms with Gasteiger partial charge < -0.3 is 20.1 Å². The van der Waals surface area contributed by atoms with Crippen LogP contribution in [0.4, 0.5) is 0 Å². The van der Waals surface area contributed by atoms with E-state index < -0.39 is 0 Å². The van der Waals surface area contributed by atoms with E-state index in [1.807, 2.05) is 0 Å². The summed E-state index contributed by atoms with van der Waals surface area (Å²) >= 11 is 0. The van der Waals surface area contributed by atoms with Gasteiger partial charge in [-0.3, -0.25) is 4.79 Å². The summed E-state index contributed by atoms with van der Waals surface area (Å²) in [6, 6.07) is 4.92. The minimum absolute atomic E-state index is 0.101. The fourth-order valence-electron chi connectivity index (χ4n) is 2.47. The number of phenolic OH excluding ortho intramolecular Hbond substituents is 1. The lowest BCUT2D eigenvalue weighted by molar-refractivity contribution is 0.0935. The lowest BCUT2D eigenvalue weighted by atomic mass is 9.97. The Bertz CT molecular complexity index is 468. The molecule has 0 radical (unpaired) electrons. The van der Waals surface area contributed by atoms with Gasteiger partial charge in [-0.05, 0) is 51.0 Å². The van der Waals surface area contributed by atoms with Crippen LogP contribution in [0.15, 0.2) is 18.2 Å². The summed E-state index contributed by atoms with van der Waals surface area (Å²) in [6.45, 7) is 2.80. The molecule has 1 fully saturated rings. The molecule has 0 aliphatic carbocycles. The number of carbonyl (C=O) groups is 1. The molecule has 0 atom stereocenters. The van der Waals surface area contributed by atoms with Crippen LogP contribution < -0.4 is 10.1 Å². The van der Waals surface area contributed by atoms with Crippen LogP contribution in [0, 0.1) is 5.92 Å². The van der Waals surface area contributed by atoms with E-state index in [-0.39, 0.29) is 17.2 Å². The van der Waals surface area contributed by atoms with Crippen LogP contribution in [0.1, 0.15) is 23.2 Å². The Morgan fingerprint density at radius 1 is 1.45 bits per heavy atom. The molecule has 1 saturated heterocycles. The third-order valence-electron chi connectivity index (χ3n) is 3.85. The van der Waals surface area contributed by atoms with E-state index in [0.717, 1.165) is 25.9 Å². The van der Waals surface area contributed by atoms with Gasteiger partial charge in [0.15, 0.2) is 11.5 Å². The molecule has 0 bridgehead atoms. The number of aromatic hydroxyl groups is 1. The molecular formula is C15H22N2O3. The SMILES string of the molecule is COc1cccc(C(=O)NCC2CCN(C)CC2)c1O. The van der Waals surface area contributed by atoms with Gasteiger partial charge in [-0.1, -0.05) is 6.07 Å². The lowest BCUT2D eigenvalue weighted by Crippen LogP contribution is -2.36. The molecule has 1 aliphatic rings. The highest BCUT2D eigenvalue weighted by molar-refractivity contribution is 5.97. The van der Waals surface area contributed by atoms with Crippen LogP contribution in [0.5, 0.6) is 11.5 Å². The lowest BCUT2D eigenvalue weighted by Gasteiger charge is -2.28. The molecule has 1 heterocycles. The van der Waals surface area contributed by atoms with Gasteiger partial charge in [-0.25, -0.2) is 0 Å². The van der Waals surface area contributed by atoms with E-state index >= 15 is 0 Å². The summed E-state index contributed by atoms with van der Waals surface area (Å²) in [5.41, 5.74) is 0.261. The van der Waals surface area contributed by atoms with Gasteiger partial charge in [0, 0.05) is 6.54 Å². The van der Waals surface area contributed by atoms with Crippen LogP contribution >= 0.6 is 0 Å². The largest absolute Gasteiger partial charge is 0.504 e. The number of amides is 1. The summed E-state index contributed by atoms with van der Waals surface area (Å²) in [6.07, 6.45) is 2.20. The van der Waals surface area contributed by atoms with Crippen molar-refractivity contribution in [2.24, 2.45) is 5.92 Å². The topological polar surface area (TPSA) is 61.8 Å². The number of benzene rings is 1. The second kappa shape index (κ2) is 6.61. The number of likely N-dealkylation sites (tertiary alicyclic amines) is 1. The first-order chi connectivity index (χ1) is 9.61. The molecular weight excluding hydrogens is 256 g/mol. The van der Waals surface area contributed by atoms with Crippen molar-refractivity contribution in [3.63, 3.8) is 0 Å². The number of para-hydroxylation sites is 1. The predicted octanol–water partition coefficient (Wildman–Crippen LogP) is 1.47. The van der Waals surface area contributed by atoms with Crippen molar-refractivity contribution in [3.8, 4) is 11.5 Å².